The number of hydrogen-bond donors (Lipinski definition) is 2. The molecule has 0 aliphatic carbocycles. The number of phenols is 1. The van der Waals surface area contributed by atoms with Gasteiger partial charge >= 0.3 is 0 Å². The molecule has 0 saturated heterocycles. The van der Waals surface area contributed by atoms with E-state index in [0.717, 1.165) is 0 Å². The van der Waals surface area contributed by atoms with E-state index in [4.69, 9.17) is 5.73 Å². The summed E-state index contributed by atoms with van der Waals surface area (Å²) in [7, 11) is -3.67. The van der Waals surface area contributed by atoms with Gasteiger partial charge in [-0.15, -0.1) is 4.40 Å². The van der Waals surface area contributed by atoms with Crippen LogP contribution in [0.15, 0.2) is 27.5 Å². The minimum absolute atomic E-state index is 0.0370. The van der Waals surface area contributed by atoms with Crippen molar-refractivity contribution in [3.63, 3.8) is 0 Å². The van der Waals surface area contributed by atoms with E-state index in [0.29, 0.717) is 0 Å². The third kappa shape index (κ3) is 0.988. The first kappa shape index (κ1) is 8.06. The van der Waals surface area contributed by atoms with Crippen molar-refractivity contribution >= 4 is 15.9 Å². The molecule has 3 N–H and O–H groups in total. The first-order chi connectivity index (χ1) is 6.02. The van der Waals surface area contributed by atoms with Gasteiger partial charge in [-0.25, -0.2) is 0 Å². The van der Waals surface area contributed by atoms with E-state index in [-0.39, 0.29) is 22.0 Å². The van der Waals surface area contributed by atoms with Crippen LogP contribution in [0, 0.1) is 0 Å². The van der Waals surface area contributed by atoms with Crippen LogP contribution in [0.25, 0.3) is 0 Å². The summed E-state index contributed by atoms with van der Waals surface area (Å²) in [5.41, 5.74) is 5.43. The third-order valence-electron chi connectivity index (χ3n) is 1.76. The lowest BCUT2D eigenvalue weighted by molar-refractivity contribution is 0.472. The average Bonchev–Trinajstić information content (AvgIpc) is 2.24. The Balaban J connectivity index is 2.90. The molecule has 0 atom stereocenters. The number of hydrogen-bond acceptors (Lipinski definition) is 4. The molecule has 0 aromatic heterocycles. The van der Waals surface area contributed by atoms with Gasteiger partial charge in [-0.3, -0.25) is 0 Å². The summed E-state index contributed by atoms with van der Waals surface area (Å²) in [4.78, 5) is -0.0370. The van der Waals surface area contributed by atoms with Gasteiger partial charge in [-0.05, 0) is 12.1 Å². The largest absolute Gasteiger partial charge is 0.507 e. The number of nitrogens with two attached hydrogens (primary N) is 1. The van der Waals surface area contributed by atoms with Crippen LogP contribution in [0.4, 0.5) is 0 Å². The molecule has 13 heavy (non-hydrogen) atoms. The normalized spacial score (nSPS) is 18.0. The predicted molar refractivity (Wildman–Crippen MR) is 46.0 cm³/mol. The number of fused-ring (bicyclic) bond motifs is 1. The molecule has 0 spiro atoms. The molecule has 5 nitrogen and oxygen atoms in total. The molecule has 2 rings (SSSR count). The van der Waals surface area contributed by atoms with Crippen molar-refractivity contribution in [1.82, 2.24) is 0 Å². The molecule has 1 heterocycles. The molecule has 6 heteroatoms. The van der Waals surface area contributed by atoms with Crippen molar-refractivity contribution in [2.24, 2.45) is 10.1 Å². The molecule has 0 radical (unpaired) electrons. The molecule has 0 bridgehead atoms. The molecular formula is C7H6N2O3S. The van der Waals surface area contributed by atoms with Crippen LogP contribution in [0.3, 0.4) is 0 Å². The fourth-order valence-electron chi connectivity index (χ4n) is 1.22. The zero-order valence-corrected chi connectivity index (χ0v) is 7.25. The Kier molecular flexibility index (Phi) is 1.38. The molecular weight excluding hydrogens is 192 g/mol. The molecule has 0 unspecified atom stereocenters. The summed E-state index contributed by atoms with van der Waals surface area (Å²) in [5, 5.41) is 9.31. The molecule has 1 aliphatic rings. The van der Waals surface area contributed by atoms with Gasteiger partial charge in [-0.2, -0.15) is 8.42 Å². The Morgan fingerprint density at radius 2 is 2.08 bits per heavy atom. The Labute approximate surface area is 74.6 Å². The summed E-state index contributed by atoms with van der Waals surface area (Å²) in [5.74, 6) is -0.326. The van der Waals surface area contributed by atoms with Crippen molar-refractivity contribution in [3.05, 3.63) is 23.8 Å². The topological polar surface area (TPSA) is 92.8 Å². The maximum atomic E-state index is 11.2. The average molecular weight is 198 g/mol. The fraction of sp³-hybridized carbons (Fsp3) is 0. The summed E-state index contributed by atoms with van der Waals surface area (Å²) in [6.07, 6.45) is 0. The molecule has 1 aromatic rings. The van der Waals surface area contributed by atoms with Crippen LogP contribution >= 0.6 is 0 Å². The molecule has 1 aromatic carbocycles. The van der Waals surface area contributed by atoms with Crippen LogP contribution in [-0.2, 0) is 10.0 Å². The van der Waals surface area contributed by atoms with Gasteiger partial charge in [0.1, 0.15) is 16.5 Å². The summed E-state index contributed by atoms with van der Waals surface area (Å²) in [6, 6.07) is 4.15. The molecule has 0 fully saturated rings. The Morgan fingerprint density at radius 1 is 1.38 bits per heavy atom. The van der Waals surface area contributed by atoms with Gasteiger partial charge in [0.25, 0.3) is 10.0 Å². The number of phenolic OH excluding ortho intramolecular Hbond substituents is 1. The van der Waals surface area contributed by atoms with Crippen LogP contribution in [0.5, 0.6) is 5.75 Å². The maximum Gasteiger partial charge on any atom is 0.285 e. The summed E-state index contributed by atoms with van der Waals surface area (Å²) < 4.78 is 25.7. The fourth-order valence-corrected chi connectivity index (χ4v) is 2.38. The lowest BCUT2D eigenvalue weighted by Gasteiger charge is -1.99. The standard InChI is InChI=1S/C7H6N2O3S/c8-7-6-4(10)2-1-3-5(6)13(11,12)9-7/h1-3,10H,(H2,8,9). The molecule has 1 aliphatic heterocycles. The van der Waals surface area contributed by atoms with E-state index in [9.17, 15) is 13.5 Å². The van der Waals surface area contributed by atoms with Gasteiger partial charge in [-0.1, -0.05) is 6.07 Å². The number of rotatable bonds is 0. The third-order valence-corrected chi connectivity index (χ3v) is 3.09. The zero-order chi connectivity index (χ0) is 9.64. The van der Waals surface area contributed by atoms with E-state index in [2.05, 4.69) is 4.40 Å². The SMILES string of the molecule is NC1=NS(=O)(=O)c2cccc(O)c21. The van der Waals surface area contributed by atoms with Gasteiger partial charge in [0.05, 0.1) is 5.56 Å². The van der Waals surface area contributed by atoms with E-state index < -0.39 is 10.0 Å². The van der Waals surface area contributed by atoms with Crippen molar-refractivity contribution in [3.8, 4) is 5.75 Å². The Morgan fingerprint density at radius 3 is 2.69 bits per heavy atom. The zero-order valence-electron chi connectivity index (χ0n) is 6.43. The van der Waals surface area contributed by atoms with E-state index in [1.165, 1.54) is 18.2 Å². The van der Waals surface area contributed by atoms with Gasteiger partial charge in [0, 0.05) is 0 Å². The van der Waals surface area contributed by atoms with E-state index >= 15 is 0 Å². The van der Waals surface area contributed by atoms with Crippen molar-refractivity contribution in [2.45, 2.75) is 4.90 Å². The summed E-state index contributed by atoms with van der Waals surface area (Å²) in [6.45, 7) is 0. The molecule has 0 saturated carbocycles. The van der Waals surface area contributed by atoms with Crippen molar-refractivity contribution in [2.75, 3.05) is 0 Å². The first-order valence-electron chi connectivity index (χ1n) is 3.45. The highest BCUT2D eigenvalue weighted by molar-refractivity contribution is 7.90. The van der Waals surface area contributed by atoms with Crippen LogP contribution < -0.4 is 5.73 Å². The molecule has 68 valence electrons. The number of aromatic hydroxyl groups is 1. The summed E-state index contributed by atoms with van der Waals surface area (Å²) >= 11 is 0. The smallest absolute Gasteiger partial charge is 0.285 e. The second-order valence-electron chi connectivity index (χ2n) is 2.60. The quantitative estimate of drug-likeness (QED) is 0.603. The minimum Gasteiger partial charge on any atom is -0.507 e. The predicted octanol–water partition coefficient (Wildman–Crippen LogP) is -0.200. The molecule has 0 amide bonds. The first-order valence-corrected chi connectivity index (χ1v) is 4.89. The van der Waals surface area contributed by atoms with Gasteiger partial charge in [0.15, 0.2) is 0 Å². The van der Waals surface area contributed by atoms with Crippen LogP contribution in [-0.4, -0.2) is 19.4 Å². The monoisotopic (exact) mass is 198 g/mol. The van der Waals surface area contributed by atoms with Crippen LogP contribution in [0.2, 0.25) is 0 Å². The van der Waals surface area contributed by atoms with Gasteiger partial charge < -0.3 is 10.8 Å². The second kappa shape index (κ2) is 2.23. The minimum atomic E-state index is -3.67. The van der Waals surface area contributed by atoms with E-state index in [1.807, 2.05) is 0 Å². The maximum absolute atomic E-state index is 11.2. The number of benzene rings is 1. The number of nitrogens with zero attached hydrogens (tertiary/aromatic N) is 1. The van der Waals surface area contributed by atoms with Gasteiger partial charge in [0.2, 0.25) is 0 Å². The van der Waals surface area contributed by atoms with E-state index in [1.54, 1.807) is 0 Å². The highest BCUT2D eigenvalue weighted by Crippen LogP contribution is 2.30. The number of sulfonamides is 1. The Hall–Kier alpha value is -1.56. The highest BCUT2D eigenvalue weighted by Gasteiger charge is 2.29. The van der Waals surface area contributed by atoms with Crippen LogP contribution in [0.1, 0.15) is 5.56 Å². The van der Waals surface area contributed by atoms with Crippen molar-refractivity contribution in [1.29, 1.82) is 0 Å². The highest BCUT2D eigenvalue weighted by atomic mass is 32.2. The Bertz CT molecular complexity index is 504. The lowest BCUT2D eigenvalue weighted by Crippen LogP contribution is -2.10. The second-order valence-corrected chi connectivity index (χ2v) is 4.17. The number of amidine groups is 1. The van der Waals surface area contributed by atoms with Crippen molar-refractivity contribution < 1.29 is 13.5 Å². The lowest BCUT2D eigenvalue weighted by atomic mass is 10.2.